The molecule has 112 valence electrons. The first kappa shape index (κ1) is 15.8. The Kier molecular flexibility index (Phi) is 5.19. The van der Waals surface area contributed by atoms with Crippen molar-refractivity contribution in [3.05, 3.63) is 32.7 Å². The number of anilines is 1. The molecule has 0 spiro atoms. The molecule has 0 bridgehead atoms. The lowest BCUT2D eigenvalue weighted by Gasteiger charge is -2.10. The Bertz CT molecular complexity index is 651. The summed E-state index contributed by atoms with van der Waals surface area (Å²) in [6.45, 7) is 4.01. The number of benzene rings is 1. The molecule has 1 heterocycles. The normalized spacial score (nSPS) is 10.9. The molecule has 21 heavy (non-hydrogen) atoms. The monoisotopic (exact) mass is 369 g/mol. The van der Waals surface area contributed by atoms with Crippen molar-refractivity contribution < 1.29 is 9.47 Å². The van der Waals surface area contributed by atoms with Crippen LogP contribution in [-0.4, -0.2) is 25.4 Å². The van der Waals surface area contributed by atoms with E-state index in [1.807, 2.05) is 26.0 Å². The molecule has 0 aliphatic rings. The van der Waals surface area contributed by atoms with Crippen LogP contribution >= 0.6 is 27.3 Å². The lowest BCUT2D eigenvalue weighted by molar-refractivity contribution is 0.354. The highest BCUT2D eigenvalue weighted by molar-refractivity contribution is 9.10. The molecule has 1 aromatic carbocycles. The van der Waals surface area contributed by atoms with Gasteiger partial charge in [-0.3, -0.25) is 5.43 Å². The van der Waals surface area contributed by atoms with Crippen LogP contribution in [0.5, 0.6) is 11.5 Å². The number of hydrazone groups is 1. The van der Waals surface area contributed by atoms with Gasteiger partial charge in [-0.1, -0.05) is 15.9 Å². The van der Waals surface area contributed by atoms with Gasteiger partial charge < -0.3 is 9.47 Å². The quantitative estimate of drug-likeness (QED) is 0.639. The van der Waals surface area contributed by atoms with E-state index in [4.69, 9.17) is 9.47 Å². The van der Waals surface area contributed by atoms with Crippen LogP contribution in [0.1, 0.15) is 16.1 Å². The van der Waals surface area contributed by atoms with Crippen LogP contribution in [0.15, 0.2) is 21.7 Å². The Morgan fingerprint density at radius 2 is 2.05 bits per heavy atom. The van der Waals surface area contributed by atoms with Gasteiger partial charge in [0.05, 0.1) is 26.1 Å². The zero-order chi connectivity index (χ0) is 15.4. The zero-order valence-corrected chi connectivity index (χ0v) is 14.6. The van der Waals surface area contributed by atoms with Crippen LogP contribution < -0.4 is 14.9 Å². The van der Waals surface area contributed by atoms with Gasteiger partial charge in [0.15, 0.2) is 11.5 Å². The number of thiazole rings is 1. The molecule has 0 saturated carbocycles. The summed E-state index contributed by atoms with van der Waals surface area (Å²) >= 11 is 5.01. The van der Waals surface area contributed by atoms with Gasteiger partial charge in [-0.05, 0) is 26.0 Å². The maximum absolute atomic E-state index is 5.37. The van der Waals surface area contributed by atoms with E-state index in [0.717, 1.165) is 20.9 Å². The molecule has 0 unspecified atom stereocenters. The number of halogens is 1. The van der Waals surface area contributed by atoms with E-state index in [2.05, 4.69) is 31.4 Å². The third kappa shape index (κ3) is 3.74. The van der Waals surface area contributed by atoms with E-state index < -0.39 is 0 Å². The highest BCUT2D eigenvalue weighted by Crippen LogP contribution is 2.33. The molecular weight excluding hydrogens is 354 g/mol. The maximum atomic E-state index is 5.37. The zero-order valence-electron chi connectivity index (χ0n) is 12.2. The number of aromatic nitrogens is 1. The predicted molar refractivity (Wildman–Crippen MR) is 90.1 cm³/mol. The first-order valence-corrected chi connectivity index (χ1v) is 7.80. The summed E-state index contributed by atoms with van der Waals surface area (Å²) < 4.78 is 11.6. The van der Waals surface area contributed by atoms with Crippen molar-refractivity contribution in [2.45, 2.75) is 13.8 Å². The van der Waals surface area contributed by atoms with Gasteiger partial charge in [-0.15, -0.1) is 11.3 Å². The Balaban J connectivity index is 2.22. The average Bonchev–Trinajstić information content (AvgIpc) is 2.77. The van der Waals surface area contributed by atoms with Crippen molar-refractivity contribution in [2.24, 2.45) is 5.10 Å². The van der Waals surface area contributed by atoms with Gasteiger partial charge in [-0.25, -0.2) is 4.98 Å². The van der Waals surface area contributed by atoms with Gasteiger partial charge in [0, 0.05) is 14.9 Å². The van der Waals surface area contributed by atoms with Gasteiger partial charge in [0.2, 0.25) is 5.13 Å². The Hall–Kier alpha value is -1.60. The van der Waals surface area contributed by atoms with Gasteiger partial charge in [0.25, 0.3) is 0 Å². The van der Waals surface area contributed by atoms with Crippen molar-refractivity contribution in [1.82, 2.24) is 4.98 Å². The van der Waals surface area contributed by atoms with Crippen LogP contribution in [0, 0.1) is 13.8 Å². The van der Waals surface area contributed by atoms with Gasteiger partial charge >= 0.3 is 0 Å². The standard InChI is InChI=1S/C14H16BrN3O2S/c1-8-9(2)21-14(17-8)18-16-7-10-5-11(15)6-12(19-3)13(10)20-4/h5-7H,1-4H3,(H,17,18)/b16-7-. The Morgan fingerprint density at radius 1 is 1.29 bits per heavy atom. The molecule has 0 fully saturated rings. The summed E-state index contributed by atoms with van der Waals surface area (Å²) in [6.07, 6.45) is 1.68. The van der Waals surface area contributed by atoms with Crippen molar-refractivity contribution in [3.63, 3.8) is 0 Å². The molecule has 2 rings (SSSR count). The van der Waals surface area contributed by atoms with Crippen LogP contribution in [-0.2, 0) is 0 Å². The smallest absolute Gasteiger partial charge is 0.203 e. The third-order valence-corrected chi connectivity index (χ3v) is 4.30. The maximum Gasteiger partial charge on any atom is 0.203 e. The van der Waals surface area contributed by atoms with Crippen molar-refractivity contribution in [3.8, 4) is 11.5 Å². The van der Waals surface area contributed by atoms with Crippen molar-refractivity contribution in [1.29, 1.82) is 0 Å². The number of aryl methyl sites for hydroxylation is 2. The summed E-state index contributed by atoms with van der Waals surface area (Å²) in [6, 6.07) is 3.75. The van der Waals surface area contributed by atoms with E-state index in [1.54, 1.807) is 31.8 Å². The van der Waals surface area contributed by atoms with Crippen molar-refractivity contribution in [2.75, 3.05) is 19.6 Å². The molecule has 0 saturated heterocycles. The molecule has 5 nitrogen and oxygen atoms in total. The lowest BCUT2D eigenvalue weighted by Crippen LogP contribution is -1.97. The Morgan fingerprint density at radius 3 is 2.62 bits per heavy atom. The second-order valence-corrected chi connectivity index (χ2v) is 6.38. The van der Waals surface area contributed by atoms with E-state index in [-0.39, 0.29) is 0 Å². The van der Waals surface area contributed by atoms with Crippen LogP contribution in [0.2, 0.25) is 0 Å². The Labute approximate surface area is 136 Å². The molecule has 2 aromatic rings. The third-order valence-electron chi connectivity index (χ3n) is 2.86. The SMILES string of the molecule is COc1cc(Br)cc(/C=N\Nc2nc(C)c(C)s2)c1OC. The number of methoxy groups -OCH3 is 2. The topological polar surface area (TPSA) is 55.7 Å². The van der Waals surface area contributed by atoms with E-state index >= 15 is 0 Å². The molecular formula is C14H16BrN3O2S. The summed E-state index contributed by atoms with van der Waals surface area (Å²) in [5, 5.41) is 4.97. The highest BCUT2D eigenvalue weighted by atomic mass is 79.9. The molecule has 0 radical (unpaired) electrons. The number of hydrogen-bond acceptors (Lipinski definition) is 6. The minimum atomic E-state index is 0.637. The number of ether oxygens (including phenoxy) is 2. The summed E-state index contributed by atoms with van der Waals surface area (Å²) in [7, 11) is 3.20. The van der Waals surface area contributed by atoms with Gasteiger partial charge in [-0.2, -0.15) is 5.10 Å². The van der Waals surface area contributed by atoms with E-state index in [9.17, 15) is 0 Å². The number of rotatable bonds is 5. The first-order chi connectivity index (χ1) is 10.0. The molecule has 7 heteroatoms. The number of hydrogen-bond donors (Lipinski definition) is 1. The van der Waals surface area contributed by atoms with E-state index in [1.165, 1.54) is 4.88 Å². The second-order valence-electron chi connectivity index (χ2n) is 4.26. The summed E-state index contributed by atoms with van der Waals surface area (Å²) in [4.78, 5) is 5.54. The fraction of sp³-hybridized carbons (Fsp3) is 0.286. The van der Waals surface area contributed by atoms with Crippen LogP contribution in [0.25, 0.3) is 0 Å². The molecule has 1 N–H and O–H groups in total. The lowest BCUT2D eigenvalue weighted by atomic mass is 10.2. The predicted octanol–water partition coefficient (Wildman–Crippen LogP) is 3.99. The van der Waals surface area contributed by atoms with E-state index in [0.29, 0.717) is 11.5 Å². The number of nitrogens with one attached hydrogen (secondary N) is 1. The molecule has 0 amide bonds. The largest absolute Gasteiger partial charge is 0.493 e. The van der Waals surface area contributed by atoms with Gasteiger partial charge in [0.1, 0.15) is 0 Å². The summed E-state index contributed by atoms with van der Waals surface area (Å²) in [5.41, 5.74) is 4.75. The number of nitrogens with zero attached hydrogens (tertiary/aromatic N) is 2. The molecule has 0 aliphatic heterocycles. The van der Waals surface area contributed by atoms with Crippen LogP contribution in [0.3, 0.4) is 0 Å². The van der Waals surface area contributed by atoms with Crippen LogP contribution in [0.4, 0.5) is 5.13 Å². The molecule has 1 aromatic heterocycles. The highest BCUT2D eigenvalue weighted by Gasteiger charge is 2.10. The minimum absolute atomic E-state index is 0.637. The fourth-order valence-corrected chi connectivity index (χ4v) is 2.95. The van der Waals surface area contributed by atoms with Crippen molar-refractivity contribution >= 4 is 38.6 Å². The summed E-state index contributed by atoms with van der Waals surface area (Å²) in [5.74, 6) is 1.28. The molecule has 0 aliphatic carbocycles. The fourth-order valence-electron chi connectivity index (χ4n) is 1.73. The second kappa shape index (κ2) is 6.91. The molecule has 0 atom stereocenters. The first-order valence-electron chi connectivity index (χ1n) is 6.19. The average molecular weight is 370 g/mol. The minimum Gasteiger partial charge on any atom is -0.493 e.